The standard InChI is InChI=1S/C10H19N2.C9H17N2/c1-3-4-5-6-7-12-9-8-11(2)10-12;1-3-5-6-11-8-7-10(4-2)9-11/h8-10H,3-7H2,1-2H3;7-9H,3-6H2,1-2H3/q2*+1. The highest BCUT2D eigenvalue weighted by molar-refractivity contribution is 4.64. The third-order valence-corrected chi connectivity index (χ3v) is 3.97. The van der Waals surface area contributed by atoms with Gasteiger partial charge in [-0.15, -0.1) is 0 Å². The van der Waals surface area contributed by atoms with Gasteiger partial charge >= 0.3 is 0 Å². The van der Waals surface area contributed by atoms with Crippen molar-refractivity contribution in [2.75, 3.05) is 0 Å². The maximum Gasteiger partial charge on any atom is 0.243 e. The van der Waals surface area contributed by atoms with Crippen LogP contribution in [-0.2, 0) is 26.7 Å². The van der Waals surface area contributed by atoms with E-state index in [1.54, 1.807) is 0 Å². The number of hydrogen-bond donors (Lipinski definition) is 0. The van der Waals surface area contributed by atoms with Gasteiger partial charge in [-0.1, -0.05) is 33.1 Å². The van der Waals surface area contributed by atoms with Gasteiger partial charge in [0.15, 0.2) is 0 Å². The Labute approximate surface area is 142 Å². The Balaban J connectivity index is 0.000000231. The molecule has 0 bridgehead atoms. The molecule has 2 heterocycles. The molecule has 0 radical (unpaired) electrons. The lowest BCUT2D eigenvalue weighted by Gasteiger charge is -1.95. The molecule has 2 rings (SSSR count). The molecule has 0 atom stereocenters. The maximum absolute atomic E-state index is 2.25. The zero-order chi connectivity index (χ0) is 16.9. The van der Waals surface area contributed by atoms with Gasteiger partial charge < -0.3 is 0 Å². The SMILES string of the molecule is CCCCCC[n+]1ccn(C)c1.CCCC[n+]1ccn(CC)c1. The summed E-state index contributed by atoms with van der Waals surface area (Å²) >= 11 is 0. The van der Waals surface area contributed by atoms with Gasteiger partial charge in [-0.05, 0) is 26.2 Å². The molecule has 0 aliphatic rings. The molecule has 0 N–H and O–H groups in total. The van der Waals surface area contributed by atoms with Gasteiger partial charge in [0.05, 0.1) is 26.7 Å². The first-order chi connectivity index (χ1) is 11.2. The Morgan fingerprint density at radius 1 is 0.739 bits per heavy atom. The van der Waals surface area contributed by atoms with Gasteiger partial charge in [-0.25, -0.2) is 18.3 Å². The molecular formula is C19H36N4+2. The zero-order valence-electron chi connectivity index (χ0n) is 15.6. The molecule has 4 nitrogen and oxygen atoms in total. The molecule has 2 aromatic heterocycles. The summed E-state index contributed by atoms with van der Waals surface area (Å²) in [6.07, 6.45) is 20.7. The van der Waals surface area contributed by atoms with Crippen LogP contribution < -0.4 is 9.13 Å². The third kappa shape index (κ3) is 8.58. The second kappa shape index (κ2) is 11.9. The van der Waals surface area contributed by atoms with E-state index in [1.807, 2.05) is 0 Å². The summed E-state index contributed by atoms with van der Waals surface area (Å²) in [7, 11) is 2.06. The highest BCUT2D eigenvalue weighted by Gasteiger charge is 1.99. The molecule has 0 amide bonds. The van der Waals surface area contributed by atoms with Crippen LogP contribution in [0.2, 0.25) is 0 Å². The lowest BCUT2D eigenvalue weighted by atomic mass is 10.2. The van der Waals surface area contributed by atoms with Gasteiger partial charge in [0, 0.05) is 0 Å². The van der Waals surface area contributed by atoms with E-state index in [9.17, 15) is 0 Å². The van der Waals surface area contributed by atoms with Crippen molar-refractivity contribution in [3.8, 4) is 0 Å². The summed E-state index contributed by atoms with van der Waals surface area (Å²) in [4.78, 5) is 0. The molecule has 0 aromatic carbocycles. The summed E-state index contributed by atoms with van der Waals surface area (Å²) in [6, 6.07) is 0. The third-order valence-electron chi connectivity index (χ3n) is 3.97. The first kappa shape index (κ1) is 19.5. The van der Waals surface area contributed by atoms with Crippen LogP contribution in [0.5, 0.6) is 0 Å². The Hall–Kier alpha value is -1.58. The molecule has 0 saturated heterocycles. The molecule has 0 aliphatic heterocycles. The van der Waals surface area contributed by atoms with Crippen molar-refractivity contribution in [2.24, 2.45) is 7.05 Å². The van der Waals surface area contributed by atoms with Crippen molar-refractivity contribution in [3.63, 3.8) is 0 Å². The van der Waals surface area contributed by atoms with E-state index in [2.05, 4.69) is 83.5 Å². The maximum atomic E-state index is 2.25. The van der Waals surface area contributed by atoms with Crippen molar-refractivity contribution in [1.29, 1.82) is 0 Å². The average molecular weight is 321 g/mol. The van der Waals surface area contributed by atoms with E-state index in [1.165, 1.54) is 45.1 Å². The number of aromatic nitrogens is 4. The minimum Gasteiger partial charge on any atom is -0.240 e. The smallest absolute Gasteiger partial charge is 0.240 e. The molecule has 0 spiro atoms. The van der Waals surface area contributed by atoms with Crippen molar-refractivity contribution >= 4 is 0 Å². The number of hydrogen-bond acceptors (Lipinski definition) is 0. The van der Waals surface area contributed by atoms with E-state index in [-0.39, 0.29) is 0 Å². The van der Waals surface area contributed by atoms with E-state index < -0.39 is 0 Å². The number of imidazole rings is 2. The number of unbranched alkanes of at least 4 members (excludes halogenated alkanes) is 4. The van der Waals surface area contributed by atoms with E-state index in [4.69, 9.17) is 0 Å². The number of rotatable bonds is 9. The largest absolute Gasteiger partial charge is 0.243 e. The second-order valence-corrected chi connectivity index (χ2v) is 6.21. The van der Waals surface area contributed by atoms with Crippen LogP contribution in [-0.4, -0.2) is 9.13 Å². The highest BCUT2D eigenvalue weighted by Crippen LogP contribution is 1.97. The van der Waals surface area contributed by atoms with Gasteiger partial charge in [0.2, 0.25) is 12.7 Å². The fourth-order valence-electron chi connectivity index (χ4n) is 2.45. The summed E-state index contributed by atoms with van der Waals surface area (Å²) in [5.41, 5.74) is 0. The van der Waals surface area contributed by atoms with E-state index in [0.29, 0.717) is 0 Å². The van der Waals surface area contributed by atoms with Crippen LogP contribution in [0.25, 0.3) is 0 Å². The van der Waals surface area contributed by atoms with Crippen LogP contribution in [0.4, 0.5) is 0 Å². The fourth-order valence-corrected chi connectivity index (χ4v) is 2.45. The Kier molecular flexibility index (Phi) is 10.1. The van der Waals surface area contributed by atoms with Crippen molar-refractivity contribution in [3.05, 3.63) is 37.4 Å². The molecule has 23 heavy (non-hydrogen) atoms. The van der Waals surface area contributed by atoms with Crippen molar-refractivity contribution in [1.82, 2.24) is 9.13 Å². The summed E-state index contributed by atoms with van der Waals surface area (Å²) in [6.45, 7) is 10.0. The van der Waals surface area contributed by atoms with Crippen LogP contribution >= 0.6 is 0 Å². The first-order valence-corrected chi connectivity index (χ1v) is 9.25. The fraction of sp³-hybridized carbons (Fsp3) is 0.684. The number of aryl methyl sites for hydroxylation is 4. The molecule has 130 valence electrons. The highest BCUT2D eigenvalue weighted by atomic mass is 15.1. The molecule has 0 aliphatic carbocycles. The second-order valence-electron chi connectivity index (χ2n) is 6.21. The normalized spacial score (nSPS) is 10.4. The van der Waals surface area contributed by atoms with Gasteiger partial charge in [-0.3, -0.25) is 0 Å². The molecule has 0 saturated carbocycles. The van der Waals surface area contributed by atoms with Gasteiger partial charge in [-0.2, -0.15) is 0 Å². The van der Waals surface area contributed by atoms with Crippen LogP contribution in [0.15, 0.2) is 37.4 Å². The number of nitrogens with zero attached hydrogens (tertiary/aromatic N) is 4. The summed E-state index contributed by atoms with van der Waals surface area (Å²) in [5, 5.41) is 0. The van der Waals surface area contributed by atoms with Crippen molar-refractivity contribution in [2.45, 2.75) is 78.9 Å². The monoisotopic (exact) mass is 320 g/mol. The van der Waals surface area contributed by atoms with E-state index in [0.717, 1.165) is 13.1 Å². The average Bonchev–Trinajstić information content (AvgIpc) is 3.19. The minimum atomic E-state index is 1.07. The Morgan fingerprint density at radius 2 is 1.39 bits per heavy atom. The molecule has 2 aromatic rings. The first-order valence-electron chi connectivity index (χ1n) is 9.25. The van der Waals surface area contributed by atoms with Gasteiger partial charge in [0.1, 0.15) is 24.8 Å². The topological polar surface area (TPSA) is 17.6 Å². The predicted octanol–water partition coefficient (Wildman–Crippen LogP) is 3.49. The van der Waals surface area contributed by atoms with Gasteiger partial charge in [0.25, 0.3) is 0 Å². The Morgan fingerprint density at radius 3 is 1.96 bits per heavy atom. The summed E-state index contributed by atoms with van der Waals surface area (Å²) < 4.78 is 8.76. The zero-order valence-corrected chi connectivity index (χ0v) is 15.6. The Bertz CT molecular complexity index is 513. The quantitative estimate of drug-likeness (QED) is 0.497. The van der Waals surface area contributed by atoms with Crippen LogP contribution in [0.3, 0.4) is 0 Å². The minimum absolute atomic E-state index is 1.07. The van der Waals surface area contributed by atoms with E-state index >= 15 is 0 Å². The summed E-state index contributed by atoms with van der Waals surface area (Å²) in [5.74, 6) is 0. The van der Waals surface area contributed by atoms with Crippen LogP contribution in [0.1, 0.15) is 59.3 Å². The molecular weight excluding hydrogens is 284 g/mol. The van der Waals surface area contributed by atoms with Crippen LogP contribution in [0, 0.1) is 0 Å². The predicted molar refractivity (Wildman–Crippen MR) is 95.0 cm³/mol. The molecule has 0 fully saturated rings. The molecule has 0 unspecified atom stereocenters. The lowest BCUT2D eigenvalue weighted by Crippen LogP contribution is -2.30. The lowest BCUT2D eigenvalue weighted by molar-refractivity contribution is -0.697. The van der Waals surface area contributed by atoms with Crippen molar-refractivity contribution < 1.29 is 9.13 Å². The molecule has 4 heteroatoms.